The maximum atomic E-state index is 15.4. The van der Waals surface area contributed by atoms with Gasteiger partial charge in [0.2, 0.25) is 5.88 Å². The molecular formula is C37H31FN4O5. The molecule has 236 valence electrons. The molecule has 2 aromatic heterocycles. The van der Waals surface area contributed by atoms with Crippen LogP contribution in [0, 0.1) is 5.82 Å². The van der Waals surface area contributed by atoms with Gasteiger partial charge in [-0.3, -0.25) is 14.3 Å². The van der Waals surface area contributed by atoms with Crippen molar-refractivity contribution in [2.75, 3.05) is 7.11 Å². The monoisotopic (exact) mass is 630 g/mol. The molecule has 47 heavy (non-hydrogen) atoms. The normalized spacial score (nSPS) is 12.5. The minimum absolute atomic E-state index is 0.0720. The predicted molar refractivity (Wildman–Crippen MR) is 174 cm³/mol. The molecule has 0 saturated carbocycles. The lowest BCUT2D eigenvalue weighted by Gasteiger charge is -2.19. The van der Waals surface area contributed by atoms with E-state index in [9.17, 15) is 9.59 Å². The second-order valence-corrected chi connectivity index (χ2v) is 11.3. The Bertz CT molecular complexity index is 2140. The van der Waals surface area contributed by atoms with E-state index in [4.69, 9.17) is 14.2 Å². The van der Waals surface area contributed by atoms with Gasteiger partial charge in [0.15, 0.2) is 28.8 Å². The lowest BCUT2D eigenvalue weighted by molar-refractivity contribution is 0.0990. The summed E-state index contributed by atoms with van der Waals surface area (Å²) < 4.78 is 36.4. The van der Waals surface area contributed by atoms with Crippen LogP contribution in [0.25, 0.3) is 16.6 Å². The van der Waals surface area contributed by atoms with Crippen LogP contribution < -0.4 is 19.8 Å². The van der Waals surface area contributed by atoms with E-state index in [0.717, 1.165) is 24.1 Å². The van der Waals surface area contributed by atoms with Gasteiger partial charge in [0.1, 0.15) is 18.5 Å². The van der Waals surface area contributed by atoms with E-state index in [1.807, 2.05) is 65.3 Å². The third kappa shape index (κ3) is 5.97. The van der Waals surface area contributed by atoms with E-state index >= 15 is 4.39 Å². The van der Waals surface area contributed by atoms with Crippen LogP contribution in [0.2, 0.25) is 0 Å². The number of ketones is 1. The number of rotatable bonds is 10. The minimum atomic E-state index is -0.669. The number of hydrogen-bond donors (Lipinski definition) is 0. The van der Waals surface area contributed by atoms with Gasteiger partial charge in [0.25, 0.3) is 5.56 Å². The van der Waals surface area contributed by atoms with Crippen molar-refractivity contribution in [1.82, 2.24) is 19.3 Å². The molecule has 1 aliphatic rings. The Morgan fingerprint density at radius 3 is 2.43 bits per heavy atom. The van der Waals surface area contributed by atoms with Crippen molar-refractivity contribution in [3.8, 4) is 28.8 Å². The number of benzene rings is 4. The van der Waals surface area contributed by atoms with Gasteiger partial charge in [0, 0.05) is 19.0 Å². The Kier molecular flexibility index (Phi) is 8.22. The fraction of sp³-hybridized carbons (Fsp3) is 0.189. The summed E-state index contributed by atoms with van der Waals surface area (Å²) in [4.78, 5) is 35.8. The van der Waals surface area contributed by atoms with Crippen LogP contribution in [-0.4, -0.2) is 32.2 Å². The molecule has 0 radical (unpaired) electrons. The topological polar surface area (TPSA) is 97.5 Å². The van der Waals surface area contributed by atoms with E-state index in [0.29, 0.717) is 53.2 Å². The number of halogens is 1. The Morgan fingerprint density at radius 1 is 0.872 bits per heavy atom. The van der Waals surface area contributed by atoms with Crippen LogP contribution in [-0.2, 0) is 26.0 Å². The number of ether oxygens (including phenoxy) is 3. The van der Waals surface area contributed by atoms with Crippen molar-refractivity contribution in [2.24, 2.45) is 0 Å². The molecule has 0 N–H and O–H groups in total. The molecule has 0 bridgehead atoms. The molecule has 4 aromatic carbocycles. The van der Waals surface area contributed by atoms with Crippen molar-refractivity contribution in [3.63, 3.8) is 0 Å². The molecule has 0 atom stereocenters. The van der Waals surface area contributed by atoms with Crippen molar-refractivity contribution in [3.05, 3.63) is 136 Å². The van der Waals surface area contributed by atoms with Gasteiger partial charge >= 0.3 is 0 Å². The summed E-state index contributed by atoms with van der Waals surface area (Å²) in [5.74, 6) is -0.0138. The average molecular weight is 631 g/mol. The number of para-hydroxylation sites is 1. The molecule has 0 fully saturated rings. The first-order valence-electron chi connectivity index (χ1n) is 15.4. The fourth-order valence-electron chi connectivity index (χ4n) is 5.98. The quantitative estimate of drug-likeness (QED) is 0.153. The first-order valence-corrected chi connectivity index (χ1v) is 15.4. The highest BCUT2D eigenvalue weighted by atomic mass is 19.1. The van der Waals surface area contributed by atoms with Gasteiger partial charge in [-0.05, 0) is 60.7 Å². The Labute approximate surface area is 269 Å². The number of methoxy groups -OCH3 is 1. The van der Waals surface area contributed by atoms with Crippen molar-refractivity contribution in [2.45, 2.75) is 38.8 Å². The number of aromatic nitrogens is 4. The maximum Gasteiger partial charge on any atom is 0.282 e. The zero-order valence-electron chi connectivity index (χ0n) is 25.7. The van der Waals surface area contributed by atoms with Gasteiger partial charge in [0.05, 0.1) is 29.4 Å². The highest BCUT2D eigenvalue weighted by Crippen LogP contribution is 2.37. The van der Waals surface area contributed by atoms with Crippen LogP contribution in [0.15, 0.2) is 102 Å². The number of carbonyl (C=O) groups is 1. The zero-order valence-corrected chi connectivity index (χ0v) is 25.7. The SMILES string of the molecule is COc1cc2c(Oc3ccc(CC(=O)c4c5n(n(-c6ccccc6)c4=O)CCCC5)cc3F)ncnc2cc1OCc1ccccc1. The molecule has 0 unspecified atom stereocenters. The van der Waals surface area contributed by atoms with Gasteiger partial charge in [-0.15, -0.1) is 0 Å². The average Bonchev–Trinajstić information content (AvgIpc) is 3.40. The highest BCUT2D eigenvalue weighted by Gasteiger charge is 2.27. The predicted octanol–water partition coefficient (Wildman–Crippen LogP) is 6.86. The smallest absolute Gasteiger partial charge is 0.282 e. The van der Waals surface area contributed by atoms with Crippen molar-refractivity contribution < 1.29 is 23.4 Å². The first kappa shape index (κ1) is 29.9. The maximum absolute atomic E-state index is 15.4. The lowest BCUT2D eigenvalue weighted by Crippen LogP contribution is -2.24. The molecule has 6 aromatic rings. The van der Waals surface area contributed by atoms with Crippen molar-refractivity contribution in [1.29, 1.82) is 0 Å². The van der Waals surface area contributed by atoms with Crippen LogP contribution in [0.5, 0.6) is 23.1 Å². The number of Topliss-reactive ketones (excluding diaryl/α,β-unsaturated/α-hetero) is 1. The van der Waals surface area contributed by atoms with Gasteiger partial charge in [-0.25, -0.2) is 19.0 Å². The third-order valence-corrected chi connectivity index (χ3v) is 8.25. The Morgan fingerprint density at radius 2 is 1.66 bits per heavy atom. The second kappa shape index (κ2) is 12.9. The van der Waals surface area contributed by atoms with E-state index in [1.165, 1.54) is 25.6 Å². The van der Waals surface area contributed by atoms with Crippen molar-refractivity contribution >= 4 is 16.7 Å². The Balaban J connectivity index is 1.12. The number of nitrogens with zero attached hydrogens (tertiary/aromatic N) is 4. The third-order valence-electron chi connectivity index (χ3n) is 8.25. The number of carbonyl (C=O) groups excluding carboxylic acids is 1. The molecule has 1 aliphatic heterocycles. The number of hydrogen-bond acceptors (Lipinski definition) is 7. The largest absolute Gasteiger partial charge is 0.493 e. The number of fused-ring (bicyclic) bond motifs is 2. The van der Waals surface area contributed by atoms with Crippen LogP contribution in [0.3, 0.4) is 0 Å². The summed E-state index contributed by atoms with van der Waals surface area (Å²) >= 11 is 0. The molecule has 0 amide bonds. The van der Waals surface area contributed by atoms with E-state index in [2.05, 4.69) is 9.97 Å². The lowest BCUT2D eigenvalue weighted by atomic mass is 9.99. The van der Waals surface area contributed by atoms with Gasteiger partial charge in [-0.1, -0.05) is 54.6 Å². The van der Waals surface area contributed by atoms with E-state index < -0.39 is 5.82 Å². The van der Waals surface area contributed by atoms with Gasteiger partial charge < -0.3 is 14.2 Å². The summed E-state index contributed by atoms with van der Waals surface area (Å²) in [5, 5.41) is 0.503. The summed E-state index contributed by atoms with van der Waals surface area (Å²) in [6, 6.07) is 26.8. The Hall–Kier alpha value is -5.77. The molecule has 7 rings (SSSR count). The molecule has 10 heteroatoms. The van der Waals surface area contributed by atoms with Crippen LogP contribution in [0.1, 0.15) is 40.0 Å². The molecule has 3 heterocycles. The summed E-state index contributed by atoms with van der Waals surface area (Å²) in [6.07, 6.45) is 3.65. The summed E-state index contributed by atoms with van der Waals surface area (Å²) in [5.41, 5.74) is 3.21. The van der Waals surface area contributed by atoms with E-state index in [1.54, 1.807) is 22.9 Å². The highest BCUT2D eigenvalue weighted by molar-refractivity contribution is 5.98. The van der Waals surface area contributed by atoms with E-state index in [-0.39, 0.29) is 35.0 Å². The molecule has 9 nitrogen and oxygen atoms in total. The zero-order chi connectivity index (χ0) is 32.3. The first-order chi connectivity index (χ1) is 23.0. The molecule has 0 spiro atoms. The van der Waals surface area contributed by atoms with Crippen LogP contribution >= 0.6 is 0 Å². The fourth-order valence-corrected chi connectivity index (χ4v) is 5.98. The molecule has 0 saturated heterocycles. The van der Waals surface area contributed by atoms with Gasteiger partial charge in [-0.2, -0.15) is 0 Å². The standard InChI is InChI=1S/C37H31FN4O5/c1-45-33-20-27-29(21-34(33)46-22-24-10-4-2-5-11-24)39-23-40-36(27)47-32-16-15-25(18-28(32)38)19-31(43)35-30-14-8-9-17-41(30)42(37(35)44)26-12-6-3-7-13-26/h2-7,10-13,15-16,18,20-21,23H,8-9,14,17,19,22H2,1H3. The second-order valence-electron chi connectivity index (χ2n) is 11.3. The van der Waals surface area contributed by atoms with Crippen LogP contribution in [0.4, 0.5) is 4.39 Å². The minimum Gasteiger partial charge on any atom is -0.493 e. The molecular weight excluding hydrogens is 599 g/mol. The summed E-state index contributed by atoms with van der Waals surface area (Å²) in [6.45, 7) is 0.993. The molecule has 0 aliphatic carbocycles. The summed E-state index contributed by atoms with van der Waals surface area (Å²) in [7, 11) is 1.53.